The summed E-state index contributed by atoms with van der Waals surface area (Å²) in [7, 11) is 1.79. The van der Waals surface area contributed by atoms with Crippen LogP contribution in [0.15, 0.2) is 41.8 Å². The van der Waals surface area contributed by atoms with Crippen molar-refractivity contribution in [1.29, 1.82) is 5.26 Å². The molecular formula is C12H13N5S. The molecule has 0 radical (unpaired) electrons. The van der Waals surface area contributed by atoms with Crippen LogP contribution in [0.25, 0.3) is 0 Å². The smallest absolute Gasteiger partial charge is 0.183 e. The largest absolute Gasteiger partial charge is 0.298 e. The Labute approximate surface area is 110 Å². The van der Waals surface area contributed by atoms with Gasteiger partial charge in [-0.05, 0) is 12.6 Å². The fraction of sp³-hybridized carbons (Fsp3) is 0.250. The number of H-pyrrole nitrogens is 1. The number of nitrogens with zero attached hydrogens (tertiary/aromatic N) is 3. The number of aromatic nitrogens is 3. The zero-order valence-electron chi connectivity index (χ0n) is 9.92. The van der Waals surface area contributed by atoms with Crippen LogP contribution in [0.2, 0.25) is 0 Å². The Morgan fingerprint density at radius 3 is 2.78 bits per heavy atom. The van der Waals surface area contributed by atoms with Gasteiger partial charge in [-0.15, -0.1) is 0 Å². The van der Waals surface area contributed by atoms with Crippen LogP contribution in [0.4, 0.5) is 0 Å². The predicted octanol–water partition coefficient (Wildman–Crippen LogP) is 1.54. The normalized spacial score (nSPS) is 13.8. The van der Waals surface area contributed by atoms with Crippen molar-refractivity contribution in [2.45, 2.75) is 10.7 Å². The molecule has 18 heavy (non-hydrogen) atoms. The van der Waals surface area contributed by atoms with Gasteiger partial charge in [-0.3, -0.25) is 10.4 Å². The Morgan fingerprint density at radius 1 is 1.44 bits per heavy atom. The third-order valence-corrected chi connectivity index (χ3v) is 3.75. The Morgan fingerprint density at radius 2 is 2.22 bits per heavy atom. The highest BCUT2D eigenvalue weighted by Crippen LogP contribution is 2.27. The summed E-state index contributed by atoms with van der Waals surface area (Å²) in [5.74, 6) is 0.555. The lowest BCUT2D eigenvalue weighted by Gasteiger charge is -2.25. The summed E-state index contributed by atoms with van der Waals surface area (Å²) < 4.78 is 0. The molecule has 6 heteroatoms. The maximum absolute atomic E-state index is 9.49. The van der Waals surface area contributed by atoms with Gasteiger partial charge in [-0.1, -0.05) is 42.1 Å². The summed E-state index contributed by atoms with van der Waals surface area (Å²) in [6.07, 6.45) is 1.46. The second kappa shape index (κ2) is 5.67. The lowest BCUT2D eigenvalue weighted by Crippen LogP contribution is -2.41. The second-order valence-corrected chi connectivity index (χ2v) is 4.68. The molecule has 1 aromatic heterocycles. The molecule has 0 spiro atoms. The number of aromatic amines is 1. The maximum atomic E-state index is 9.49. The first-order valence-corrected chi connectivity index (χ1v) is 6.43. The highest BCUT2D eigenvalue weighted by atomic mass is 32.2. The van der Waals surface area contributed by atoms with E-state index < -0.39 is 5.54 Å². The molecule has 0 aliphatic heterocycles. The van der Waals surface area contributed by atoms with Gasteiger partial charge >= 0.3 is 0 Å². The quantitative estimate of drug-likeness (QED) is 0.796. The summed E-state index contributed by atoms with van der Waals surface area (Å²) in [4.78, 5) is 4.04. The van der Waals surface area contributed by atoms with Crippen molar-refractivity contribution < 1.29 is 0 Å². The fourth-order valence-electron chi connectivity index (χ4n) is 1.62. The number of hydrogen-bond acceptors (Lipinski definition) is 5. The van der Waals surface area contributed by atoms with Crippen molar-refractivity contribution in [3.8, 4) is 6.07 Å². The van der Waals surface area contributed by atoms with E-state index in [-0.39, 0.29) is 0 Å². The Balaban J connectivity index is 2.20. The molecule has 0 fully saturated rings. The van der Waals surface area contributed by atoms with Crippen molar-refractivity contribution in [3.05, 3.63) is 42.2 Å². The molecule has 92 valence electrons. The van der Waals surface area contributed by atoms with Crippen molar-refractivity contribution in [3.63, 3.8) is 0 Å². The van der Waals surface area contributed by atoms with Crippen molar-refractivity contribution in [2.75, 3.05) is 12.8 Å². The van der Waals surface area contributed by atoms with Gasteiger partial charge in [-0.2, -0.15) is 10.4 Å². The van der Waals surface area contributed by atoms with Crippen molar-refractivity contribution in [1.82, 2.24) is 20.5 Å². The van der Waals surface area contributed by atoms with E-state index in [0.717, 1.165) is 5.56 Å². The molecule has 0 aliphatic carbocycles. The highest BCUT2D eigenvalue weighted by Gasteiger charge is 2.30. The first kappa shape index (κ1) is 12.6. The summed E-state index contributed by atoms with van der Waals surface area (Å²) >= 11 is 1.46. The number of nitrogens with one attached hydrogen (secondary N) is 2. The van der Waals surface area contributed by atoms with E-state index >= 15 is 0 Å². The summed E-state index contributed by atoms with van der Waals surface area (Å²) in [5, 5.41) is 19.9. The van der Waals surface area contributed by atoms with Crippen LogP contribution in [-0.2, 0) is 5.54 Å². The van der Waals surface area contributed by atoms with Crippen LogP contribution in [-0.4, -0.2) is 28.0 Å². The number of nitriles is 1. The minimum Gasteiger partial charge on any atom is -0.298 e. The van der Waals surface area contributed by atoms with Gasteiger partial charge in [0.15, 0.2) is 5.16 Å². The Kier molecular flexibility index (Phi) is 3.97. The number of hydrogen-bond donors (Lipinski definition) is 2. The predicted molar refractivity (Wildman–Crippen MR) is 69.9 cm³/mol. The molecule has 0 saturated heterocycles. The standard InChI is InChI=1S/C12H13N5S/c1-14-12(7-13,10-5-3-2-4-6-10)8-18-11-15-9-16-17-11/h2-6,9,14H,8H2,1H3,(H,15,16,17). The minimum atomic E-state index is -0.723. The van der Waals surface area contributed by atoms with E-state index in [2.05, 4.69) is 26.6 Å². The monoisotopic (exact) mass is 259 g/mol. The van der Waals surface area contributed by atoms with Gasteiger partial charge in [0.25, 0.3) is 0 Å². The number of thioether (sulfide) groups is 1. The van der Waals surface area contributed by atoms with E-state index in [1.54, 1.807) is 7.05 Å². The average molecular weight is 259 g/mol. The molecule has 1 heterocycles. The molecule has 0 saturated carbocycles. The SMILES string of the molecule is CNC(C#N)(CSc1ncn[nH]1)c1ccccc1. The Hall–Kier alpha value is -1.84. The van der Waals surface area contributed by atoms with E-state index in [0.29, 0.717) is 10.9 Å². The maximum Gasteiger partial charge on any atom is 0.183 e. The van der Waals surface area contributed by atoms with Crippen molar-refractivity contribution in [2.24, 2.45) is 0 Å². The van der Waals surface area contributed by atoms with E-state index in [1.807, 2.05) is 30.3 Å². The summed E-state index contributed by atoms with van der Waals surface area (Å²) in [6, 6.07) is 12.0. The first-order chi connectivity index (χ1) is 8.80. The summed E-state index contributed by atoms with van der Waals surface area (Å²) in [6.45, 7) is 0. The first-order valence-electron chi connectivity index (χ1n) is 5.44. The van der Waals surface area contributed by atoms with Gasteiger partial charge in [0.05, 0.1) is 6.07 Å². The average Bonchev–Trinajstić information content (AvgIpc) is 2.95. The second-order valence-electron chi connectivity index (χ2n) is 3.71. The summed E-state index contributed by atoms with van der Waals surface area (Å²) in [5.41, 5.74) is 0.223. The molecule has 0 bridgehead atoms. The lowest BCUT2D eigenvalue weighted by atomic mass is 9.94. The van der Waals surface area contributed by atoms with Gasteiger partial charge in [0.1, 0.15) is 11.9 Å². The topological polar surface area (TPSA) is 77.4 Å². The van der Waals surface area contributed by atoms with E-state index in [1.165, 1.54) is 18.1 Å². The van der Waals surface area contributed by atoms with Crippen LogP contribution in [0.3, 0.4) is 0 Å². The molecular weight excluding hydrogens is 246 g/mol. The van der Waals surface area contributed by atoms with Crippen molar-refractivity contribution >= 4 is 11.8 Å². The Bertz CT molecular complexity index is 519. The lowest BCUT2D eigenvalue weighted by molar-refractivity contribution is 0.527. The number of benzene rings is 1. The molecule has 2 aromatic rings. The van der Waals surface area contributed by atoms with Gasteiger partial charge < -0.3 is 0 Å². The number of rotatable bonds is 5. The molecule has 2 N–H and O–H groups in total. The molecule has 1 atom stereocenters. The molecule has 5 nitrogen and oxygen atoms in total. The van der Waals surface area contributed by atoms with Crippen LogP contribution in [0, 0.1) is 11.3 Å². The highest BCUT2D eigenvalue weighted by molar-refractivity contribution is 7.99. The van der Waals surface area contributed by atoms with Crippen LogP contribution >= 0.6 is 11.8 Å². The van der Waals surface area contributed by atoms with Gasteiger partial charge in [0.2, 0.25) is 0 Å². The van der Waals surface area contributed by atoms with Gasteiger partial charge in [-0.25, -0.2) is 4.98 Å². The van der Waals surface area contributed by atoms with Gasteiger partial charge in [0, 0.05) is 5.75 Å². The molecule has 0 amide bonds. The third kappa shape index (κ3) is 2.53. The zero-order chi connectivity index (χ0) is 12.8. The third-order valence-electron chi connectivity index (χ3n) is 2.70. The molecule has 0 aliphatic rings. The van der Waals surface area contributed by atoms with Crippen LogP contribution in [0.1, 0.15) is 5.56 Å². The van der Waals surface area contributed by atoms with E-state index in [9.17, 15) is 5.26 Å². The van der Waals surface area contributed by atoms with E-state index in [4.69, 9.17) is 0 Å². The van der Waals surface area contributed by atoms with Crippen LogP contribution in [0.5, 0.6) is 0 Å². The molecule has 2 rings (SSSR count). The zero-order valence-corrected chi connectivity index (χ0v) is 10.7. The fourth-order valence-corrected chi connectivity index (χ4v) is 2.58. The molecule has 1 unspecified atom stereocenters. The minimum absolute atomic E-state index is 0.555. The van der Waals surface area contributed by atoms with Crippen LogP contribution < -0.4 is 5.32 Å². The molecule has 1 aromatic carbocycles.